The number of pyridine rings is 1. The molecule has 0 saturated heterocycles. The van der Waals surface area contributed by atoms with Gasteiger partial charge in [-0.3, -0.25) is 4.79 Å². The number of likely N-dealkylation sites (N-methyl/N-ethyl adjacent to an activating group) is 2. The molecule has 182 valence electrons. The largest absolute Gasteiger partial charge is 0.379 e. The molecule has 2 aromatic heterocycles. The molecule has 0 spiro atoms. The molecule has 1 atom stereocenters. The molecule has 0 aliphatic carbocycles. The molecule has 2 aromatic rings. The minimum absolute atomic E-state index is 0.0486. The van der Waals surface area contributed by atoms with Gasteiger partial charge in [0, 0.05) is 26.0 Å². The number of allylic oxidation sites excluding steroid dienone is 1. The Bertz CT molecular complexity index is 1110. The van der Waals surface area contributed by atoms with Crippen LogP contribution in [0.4, 0.5) is 5.82 Å². The van der Waals surface area contributed by atoms with Gasteiger partial charge in [-0.05, 0) is 59.6 Å². The van der Waals surface area contributed by atoms with Gasteiger partial charge in [0.2, 0.25) is 0 Å². The minimum Gasteiger partial charge on any atom is -0.379 e. The van der Waals surface area contributed by atoms with E-state index in [1.54, 1.807) is 11.1 Å². The van der Waals surface area contributed by atoms with Gasteiger partial charge < -0.3 is 19.3 Å². The van der Waals surface area contributed by atoms with E-state index in [9.17, 15) is 4.79 Å². The summed E-state index contributed by atoms with van der Waals surface area (Å²) in [6.07, 6.45) is 10.7. The maximum Gasteiger partial charge on any atom is 0.261 e. The first kappa shape index (κ1) is 24.3. The van der Waals surface area contributed by atoms with Crippen molar-refractivity contribution in [3.05, 3.63) is 71.6 Å². The Morgan fingerprint density at radius 2 is 1.76 bits per heavy atom. The Labute approximate surface area is 205 Å². The molecule has 2 aliphatic rings. The van der Waals surface area contributed by atoms with Crippen LogP contribution in [0.5, 0.6) is 0 Å². The fourth-order valence-electron chi connectivity index (χ4n) is 6.51. The number of fused-ring (bicyclic) bond motifs is 1. The SMILES string of the molecule is CCN1C2=C(C=CC1c1ccn([Si](C(C)C)(C(C)C)C(C)C)c1)N(C)C(=O)c1cccnc1N2. The summed E-state index contributed by atoms with van der Waals surface area (Å²) in [7, 11) is 0.0324. The van der Waals surface area contributed by atoms with Crippen LogP contribution in [0, 0.1) is 0 Å². The van der Waals surface area contributed by atoms with E-state index in [1.807, 2.05) is 19.2 Å². The van der Waals surface area contributed by atoms with Gasteiger partial charge in [0.05, 0.1) is 17.3 Å². The zero-order valence-electron chi connectivity index (χ0n) is 21.8. The van der Waals surface area contributed by atoms with E-state index in [2.05, 4.69) is 98.5 Å². The predicted molar refractivity (Wildman–Crippen MR) is 142 cm³/mol. The van der Waals surface area contributed by atoms with Crippen LogP contribution in [0.3, 0.4) is 0 Å². The molecule has 6 nitrogen and oxygen atoms in total. The van der Waals surface area contributed by atoms with Gasteiger partial charge in [-0.15, -0.1) is 0 Å². The normalized spacial score (nSPS) is 18.6. The molecule has 34 heavy (non-hydrogen) atoms. The number of carbonyl (C=O) groups is 1. The summed E-state index contributed by atoms with van der Waals surface area (Å²) in [4.78, 5) is 21.6. The topological polar surface area (TPSA) is 53.4 Å². The van der Waals surface area contributed by atoms with E-state index in [-0.39, 0.29) is 11.9 Å². The molecule has 2 aliphatic heterocycles. The lowest BCUT2D eigenvalue weighted by atomic mass is 10.0. The number of amides is 1. The van der Waals surface area contributed by atoms with Gasteiger partial charge in [0.25, 0.3) is 5.91 Å². The van der Waals surface area contributed by atoms with Gasteiger partial charge in [-0.25, -0.2) is 4.98 Å². The molecule has 1 amide bonds. The van der Waals surface area contributed by atoms with Gasteiger partial charge >= 0.3 is 0 Å². The fraction of sp³-hybridized carbons (Fsp3) is 0.481. The summed E-state index contributed by atoms with van der Waals surface area (Å²) in [5.74, 6) is 1.49. The van der Waals surface area contributed by atoms with Crippen LogP contribution in [0.15, 0.2) is 60.5 Å². The summed E-state index contributed by atoms with van der Waals surface area (Å²) >= 11 is 0. The van der Waals surface area contributed by atoms with Crippen molar-refractivity contribution in [3.63, 3.8) is 0 Å². The van der Waals surface area contributed by atoms with Crippen molar-refractivity contribution >= 4 is 20.0 Å². The van der Waals surface area contributed by atoms with E-state index < -0.39 is 8.24 Å². The van der Waals surface area contributed by atoms with Gasteiger partial charge in [0.15, 0.2) is 8.24 Å². The number of aromatic nitrogens is 2. The summed E-state index contributed by atoms with van der Waals surface area (Å²) in [6, 6.07) is 6.02. The molecule has 4 rings (SSSR count). The Kier molecular flexibility index (Phi) is 6.51. The van der Waals surface area contributed by atoms with Crippen LogP contribution < -0.4 is 5.32 Å². The summed E-state index contributed by atoms with van der Waals surface area (Å²) in [6.45, 7) is 17.4. The van der Waals surface area contributed by atoms with Crippen LogP contribution in [-0.4, -0.2) is 46.8 Å². The van der Waals surface area contributed by atoms with Crippen LogP contribution in [0.2, 0.25) is 16.6 Å². The van der Waals surface area contributed by atoms with E-state index in [1.165, 1.54) is 5.56 Å². The maximum absolute atomic E-state index is 13.1. The maximum atomic E-state index is 13.1. The van der Waals surface area contributed by atoms with Gasteiger partial charge in [-0.2, -0.15) is 0 Å². The highest BCUT2D eigenvalue weighted by molar-refractivity contribution is 6.82. The molecule has 1 unspecified atom stereocenters. The number of anilines is 1. The van der Waals surface area contributed by atoms with Crippen molar-refractivity contribution in [2.24, 2.45) is 0 Å². The van der Waals surface area contributed by atoms with Crippen molar-refractivity contribution in [2.75, 3.05) is 18.9 Å². The molecular weight excluding hydrogens is 438 g/mol. The smallest absolute Gasteiger partial charge is 0.261 e. The van der Waals surface area contributed by atoms with Crippen LogP contribution in [0.1, 0.15) is 70.4 Å². The second kappa shape index (κ2) is 9.10. The van der Waals surface area contributed by atoms with Gasteiger partial charge in [0.1, 0.15) is 11.6 Å². The third-order valence-electron chi connectivity index (χ3n) is 7.86. The van der Waals surface area contributed by atoms with E-state index in [0.717, 1.165) is 18.1 Å². The average molecular weight is 478 g/mol. The third kappa shape index (κ3) is 3.61. The molecule has 7 heteroatoms. The lowest BCUT2D eigenvalue weighted by Crippen LogP contribution is -2.51. The quantitative estimate of drug-likeness (QED) is 0.503. The van der Waals surface area contributed by atoms with Crippen molar-refractivity contribution in [3.8, 4) is 0 Å². The number of nitrogens with one attached hydrogen (secondary N) is 1. The Morgan fingerprint density at radius 3 is 2.38 bits per heavy atom. The predicted octanol–water partition coefficient (Wildman–Crippen LogP) is 6.21. The molecule has 0 saturated carbocycles. The molecule has 0 radical (unpaired) electrons. The summed E-state index contributed by atoms with van der Waals surface area (Å²) in [5.41, 5.74) is 4.65. The molecule has 0 fully saturated rings. The van der Waals surface area contributed by atoms with Crippen molar-refractivity contribution in [1.82, 2.24) is 19.0 Å². The highest BCUT2D eigenvalue weighted by Gasteiger charge is 2.45. The van der Waals surface area contributed by atoms with Crippen LogP contribution in [0.25, 0.3) is 0 Å². The Hall–Kier alpha value is -2.80. The van der Waals surface area contributed by atoms with Crippen molar-refractivity contribution in [1.29, 1.82) is 0 Å². The summed E-state index contributed by atoms with van der Waals surface area (Å²) < 4.78 is 2.60. The average Bonchev–Trinajstić information content (AvgIpc) is 3.24. The molecule has 0 bridgehead atoms. The molecule has 0 aromatic carbocycles. The van der Waals surface area contributed by atoms with E-state index in [0.29, 0.717) is 28.0 Å². The van der Waals surface area contributed by atoms with Crippen LogP contribution >= 0.6 is 0 Å². The third-order valence-corrected chi connectivity index (χ3v) is 14.6. The fourth-order valence-corrected chi connectivity index (χ4v) is 13.0. The monoisotopic (exact) mass is 477 g/mol. The van der Waals surface area contributed by atoms with Crippen molar-refractivity contribution < 1.29 is 4.79 Å². The zero-order valence-corrected chi connectivity index (χ0v) is 22.8. The molecule has 4 heterocycles. The summed E-state index contributed by atoms with van der Waals surface area (Å²) in [5, 5.41) is 3.50. The second-order valence-electron chi connectivity index (χ2n) is 10.4. The highest BCUT2D eigenvalue weighted by Crippen LogP contribution is 2.44. The minimum atomic E-state index is -1.81. The number of hydrogen-bond donors (Lipinski definition) is 1. The van der Waals surface area contributed by atoms with Gasteiger partial charge in [-0.1, -0.05) is 47.6 Å². The molecular formula is C27H39N5OSi. The van der Waals surface area contributed by atoms with Crippen molar-refractivity contribution in [2.45, 2.75) is 71.1 Å². The second-order valence-corrected chi connectivity index (χ2v) is 16.2. The number of hydrogen-bond acceptors (Lipinski definition) is 4. The first-order chi connectivity index (χ1) is 16.1. The standard InChI is InChI=1S/C27H39N5OSi/c1-9-32-23(21-14-16-31(17-21)34(18(2)3,19(4)5)20(6)7)12-13-24-26(32)29-25-22(11-10-15-28-25)27(33)30(24)8/h10-20,23H,9H2,1-8H3,(H,28,29). The number of rotatable bonds is 6. The zero-order chi connectivity index (χ0) is 24.8. The lowest BCUT2D eigenvalue weighted by molar-refractivity contribution is 0.0837. The van der Waals surface area contributed by atoms with E-state index in [4.69, 9.17) is 0 Å². The lowest BCUT2D eigenvalue weighted by Gasteiger charge is -2.44. The molecule has 1 N–H and O–H groups in total. The number of carbonyl (C=O) groups excluding carboxylic acids is 1. The Morgan fingerprint density at radius 1 is 1.09 bits per heavy atom. The first-order valence-electron chi connectivity index (χ1n) is 12.5. The van der Waals surface area contributed by atoms with Crippen LogP contribution in [-0.2, 0) is 0 Å². The Balaban J connectivity index is 1.76. The highest BCUT2D eigenvalue weighted by atomic mass is 28.3. The number of nitrogens with zero attached hydrogens (tertiary/aromatic N) is 4. The van der Waals surface area contributed by atoms with E-state index >= 15 is 0 Å². The first-order valence-corrected chi connectivity index (χ1v) is 14.7.